The first-order chi connectivity index (χ1) is 20.5. The van der Waals surface area contributed by atoms with Gasteiger partial charge in [-0.05, 0) is 61.0 Å². The largest absolute Gasteiger partial charge is 0.432 e. The molecule has 10 heteroatoms. The molecule has 2 amide bonds. The second kappa shape index (κ2) is 11.3. The molecule has 3 aliphatic heterocycles. The van der Waals surface area contributed by atoms with Crippen molar-refractivity contribution < 1.29 is 24.2 Å². The molecule has 3 aliphatic rings. The Balaban J connectivity index is 1.30. The van der Waals surface area contributed by atoms with Crippen LogP contribution in [0, 0.1) is 5.92 Å². The SMILES string of the molecule is C[C@H]1[C@H]([Si](C)(C)O)[C@@H](CCO)O[C@]12C(=O)N(Cc1ccc(N3N=C(c4ccccc4)CCC3=O)cc1)c1ccc(Cl)cc12. The number of benzene rings is 3. The fraction of sp³-hybridized carbons (Fsp3) is 0.364. The lowest BCUT2D eigenvalue weighted by atomic mass is 9.82. The number of hydrogen-bond donors (Lipinski definition) is 2. The maximum Gasteiger partial charge on any atom is 0.264 e. The Kier molecular flexibility index (Phi) is 7.81. The van der Waals surface area contributed by atoms with E-state index < -0.39 is 20.0 Å². The first-order valence-electron chi connectivity index (χ1n) is 14.7. The molecule has 1 saturated heterocycles. The molecular formula is C33H36ClN3O5Si. The number of rotatable bonds is 7. The normalized spacial score (nSPS) is 25.4. The van der Waals surface area contributed by atoms with E-state index in [4.69, 9.17) is 16.3 Å². The van der Waals surface area contributed by atoms with E-state index in [2.05, 4.69) is 5.10 Å². The van der Waals surface area contributed by atoms with Gasteiger partial charge in [0.2, 0.25) is 5.91 Å². The standard InChI is InChI=1S/C33H36ClN3O5Si/c1-21-31(43(2,3)41)29(17-18-38)42-33(21)26-19-24(34)11-15-28(26)36(32(33)40)20-22-9-12-25(13-10-22)37-30(39)16-14-27(35-37)23-7-5-4-6-8-23/h4-13,15,19,21,29,31,38,41H,14,16-18,20H2,1-3H3/t21-,29+,31-,33+/m0/s1. The van der Waals surface area contributed by atoms with Crippen LogP contribution in [0.5, 0.6) is 0 Å². The van der Waals surface area contributed by atoms with Gasteiger partial charge in [0.15, 0.2) is 13.9 Å². The lowest BCUT2D eigenvalue weighted by Crippen LogP contribution is -2.46. The van der Waals surface area contributed by atoms with Crippen LogP contribution in [0.2, 0.25) is 23.7 Å². The van der Waals surface area contributed by atoms with Crippen LogP contribution in [0.3, 0.4) is 0 Å². The van der Waals surface area contributed by atoms with Crippen LogP contribution >= 0.6 is 11.6 Å². The van der Waals surface area contributed by atoms with Gasteiger partial charge in [0.1, 0.15) is 0 Å². The highest BCUT2D eigenvalue weighted by molar-refractivity contribution is 6.71. The molecule has 6 rings (SSSR count). The molecule has 3 heterocycles. The smallest absolute Gasteiger partial charge is 0.264 e. The first kappa shape index (κ1) is 29.7. The molecule has 2 N–H and O–H groups in total. The van der Waals surface area contributed by atoms with E-state index in [1.807, 2.05) is 80.7 Å². The minimum Gasteiger partial charge on any atom is -0.432 e. The fourth-order valence-electron chi connectivity index (χ4n) is 7.12. The van der Waals surface area contributed by atoms with Gasteiger partial charge < -0.3 is 19.5 Å². The second-order valence-corrected chi connectivity index (χ2v) is 16.6. The van der Waals surface area contributed by atoms with Crippen LogP contribution in [-0.2, 0) is 26.5 Å². The molecular weight excluding hydrogens is 582 g/mol. The van der Waals surface area contributed by atoms with E-state index in [1.54, 1.807) is 17.0 Å². The first-order valence-corrected chi connectivity index (χ1v) is 18.1. The summed E-state index contributed by atoms with van der Waals surface area (Å²) >= 11 is 6.46. The molecule has 0 bridgehead atoms. The van der Waals surface area contributed by atoms with Crippen molar-refractivity contribution in [3.63, 3.8) is 0 Å². The van der Waals surface area contributed by atoms with Crippen molar-refractivity contribution in [2.45, 2.75) is 63.1 Å². The zero-order valence-electron chi connectivity index (χ0n) is 24.5. The Bertz CT molecular complexity index is 1580. The molecule has 4 atom stereocenters. The van der Waals surface area contributed by atoms with Crippen LogP contribution in [0.15, 0.2) is 77.9 Å². The highest BCUT2D eigenvalue weighted by Crippen LogP contribution is 2.60. The van der Waals surface area contributed by atoms with Gasteiger partial charge in [0, 0.05) is 41.5 Å². The number of halogens is 1. The number of aliphatic hydroxyl groups excluding tert-OH is 1. The Labute approximate surface area is 257 Å². The number of carbonyl (C=O) groups is 2. The van der Waals surface area contributed by atoms with Gasteiger partial charge in [-0.25, -0.2) is 5.01 Å². The number of fused-ring (bicyclic) bond motifs is 2. The molecule has 1 fully saturated rings. The van der Waals surface area contributed by atoms with Gasteiger partial charge in [0.05, 0.1) is 29.7 Å². The van der Waals surface area contributed by atoms with Crippen molar-refractivity contribution in [1.29, 1.82) is 0 Å². The van der Waals surface area contributed by atoms with Crippen LogP contribution in [0.4, 0.5) is 11.4 Å². The summed E-state index contributed by atoms with van der Waals surface area (Å²) in [7, 11) is -2.78. The second-order valence-electron chi connectivity index (χ2n) is 12.2. The van der Waals surface area contributed by atoms with Crippen molar-refractivity contribution >= 4 is 48.8 Å². The molecule has 0 saturated carbocycles. The maximum absolute atomic E-state index is 14.4. The lowest BCUT2D eigenvalue weighted by molar-refractivity contribution is -0.146. The van der Waals surface area contributed by atoms with Crippen molar-refractivity contribution in [1.82, 2.24) is 0 Å². The molecule has 1 spiro atoms. The van der Waals surface area contributed by atoms with E-state index in [-0.39, 0.29) is 36.4 Å². The molecule has 0 radical (unpaired) electrons. The summed E-state index contributed by atoms with van der Waals surface area (Å²) in [5.41, 5.74) is 3.25. The van der Waals surface area contributed by atoms with Gasteiger partial charge in [-0.2, -0.15) is 5.10 Å². The van der Waals surface area contributed by atoms with Crippen molar-refractivity contribution in [3.8, 4) is 0 Å². The van der Waals surface area contributed by atoms with E-state index in [9.17, 15) is 19.5 Å². The summed E-state index contributed by atoms with van der Waals surface area (Å²) in [6, 6.07) is 22.8. The maximum atomic E-state index is 14.4. The van der Waals surface area contributed by atoms with Crippen molar-refractivity contribution in [2.24, 2.45) is 11.0 Å². The third-order valence-electron chi connectivity index (χ3n) is 9.02. The number of carbonyl (C=O) groups excluding carboxylic acids is 2. The van der Waals surface area contributed by atoms with Gasteiger partial charge in [-0.3, -0.25) is 9.59 Å². The van der Waals surface area contributed by atoms with Crippen molar-refractivity contribution in [3.05, 3.63) is 94.5 Å². The monoisotopic (exact) mass is 617 g/mol. The molecule has 3 aromatic rings. The Hall–Kier alpha value is -3.34. The number of aliphatic hydroxyl groups is 1. The number of nitrogens with zero attached hydrogens (tertiary/aromatic N) is 3. The number of hydrogen-bond acceptors (Lipinski definition) is 6. The van der Waals surface area contributed by atoms with Gasteiger partial charge in [-0.1, -0.05) is 61.0 Å². The predicted octanol–water partition coefficient (Wildman–Crippen LogP) is 5.60. The van der Waals surface area contributed by atoms with E-state index >= 15 is 0 Å². The zero-order valence-corrected chi connectivity index (χ0v) is 26.3. The predicted molar refractivity (Wildman–Crippen MR) is 170 cm³/mol. The molecule has 0 aliphatic carbocycles. The van der Waals surface area contributed by atoms with Gasteiger partial charge >= 0.3 is 0 Å². The Morgan fingerprint density at radius 1 is 1.05 bits per heavy atom. The fourth-order valence-corrected chi connectivity index (χ4v) is 9.90. The van der Waals surface area contributed by atoms with E-state index in [1.165, 1.54) is 5.01 Å². The van der Waals surface area contributed by atoms with Crippen LogP contribution < -0.4 is 9.91 Å². The summed E-state index contributed by atoms with van der Waals surface area (Å²) in [6.07, 6.45) is 0.853. The molecule has 43 heavy (non-hydrogen) atoms. The van der Waals surface area contributed by atoms with E-state index in [0.717, 1.165) is 22.5 Å². The molecule has 0 unspecified atom stereocenters. The summed E-state index contributed by atoms with van der Waals surface area (Å²) in [5, 5.41) is 16.4. The highest BCUT2D eigenvalue weighted by Gasteiger charge is 2.66. The molecule has 8 nitrogen and oxygen atoms in total. The summed E-state index contributed by atoms with van der Waals surface area (Å²) in [6.45, 7) is 5.87. The summed E-state index contributed by atoms with van der Waals surface area (Å²) in [4.78, 5) is 40.2. The number of anilines is 2. The average molecular weight is 618 g/mol. The van der Waals surface area contributed by atoms with Crippen LogP contribution in [-0.4, -0.2) is 48.5 Å². The molecule has 224 valence electrons. The third-order valence-corrected chi connectivity index (χ3v) is 11.8. The minimum absolute atomic E-state index is 0.0652. The van der Waals surface area contributed by atoms with Crippen LogP contribution in [0.25, 0.3) is 0 Å². The minimum atomic E-state index is -2.78. The van der Waals surface area contributed by atoms with Crippen molar-refractivity contribution in [2.75, 3.05) is 16.5 Å². The van der Waals surface area contributed by atoms with Gasteiger partial charge in [-0.15, -0.1) is 0 Å². The summed E-state index contributed by atoms with van der Waals surface area (Å²) < 4.78 is 6.63. The Morgan fingerprint density at radius 2 is 1.77 bits per heavy atom. The van der Waals surface area contributed by atoms with Gasteiger partial charge in [0.25, 0.3) is 5.91 Å². The number of amides is 2. The zero-order chi connectivity index (χ0) is 30.5. The quantitative estimate of drug-likeness (QED) is 0.336. The average Bonchev–Trinajstić information content (AvgIpc) is 3.41. The summed E-state index contributed by atoms with van der Waals surface area (Å²) in [5.74, 6) is -0.590. The molecule has 3 aromatic carbocycles. The third kappa shape index (κ3) is 5.13. The Morgan fingerprint density at radius 3 is 2.44 bits per heavy atom. The van der Waals surface area contributed by atoms with E-state index in [0.29, 0.717) is 35.5 Å². The van der Waals surface area contributed by atoms with Crippen LogP contribution in [0.1, 0.15) is 42.9 Å². The number of hydrazone groups is 1. The number of ether oxygens (including phenoxy) is 1. The highest BCUT2D eigenvalue weighted by atomic mass is 35.5. The lowest BCUT2D eigenvalue weighted by Gasteiger charge is -2.32. The molecule has 0 aromatic heterocycles. The topological polar surface area (TPSA) is 103 Å².